The molecule has 7 heteroatoms. The molecular formula is C28H31F3N2O2. The van der Waals surface area contributed by atoms with Crippen molar-refractivity contribution >= 4 is 5.69 Å². The smallest absolute Gasteiger partial charge is 0.416 e. The summed E-state index contributed by atoms with van der Waals surface area (Å²) in [6.07, 6.45) is -5.01. The topological polar surface area (TPSA) is 35.9 Å². The zero-order chi connectivity index (χ0) is 25.0. The second-order valence-corrected chi connectivity index (χ2v) is 9.15. The number of β-amino-alcohol motifs (C(OH)–C–C–N with tert-alkyl or cyclic N) is 1. The third-order valence-corrected chi connectivity index (χ3v) is 6.37. The Morgan fingerprint density at radius 3 is 2.23 bits per heavy atom. The van der Waals surface area contributed by atoms with E-state index < -0.39 is 17.8 Å². The average Bonchev–Trinajstić information content (AvgIpc) is 2.84. The monoisotopic (exact) mass is 484 g/mol. The Hall–Kier alpha value is -3.03. The second kappa shape index (κ2) is 10.7. The third-order valence-electron chi connectivity index (χ3n) is 6.37. The van der Waals surface area contributed by atoms with Crippen LogP contribution < -0.4 is 9.64 Å². The maximum Gasteiger partial charge on any atom is 0.416 e. The van der Waals surface area contributed by atoms with Crippen molar-refractivity contribution in [3.05, 3.63) is 83.4 Å². The van der Waals surface area contributed by atoms with Gasteiger partial charge in [-0.25, -0.2) is 0 Å². The van der Waals surface area contributed by atoms with E-state index in [4.69, 9.17) is 4.74 Å². The molecule has 1 heterocycles. The van der Waals surface area contributed by atoms with E-state index in [-0.39, 0.29) is 6.61 Å². The number of halogens is 3. The number of benzene rings is 3. The first-order valence-electron chi connectivity index (χ1n) is 11.8. The predicted molar refractivity (Wildman–Crippen MR) is 133 cm³/mol. The Bertz CT molecular complexity index is 1120. The predicted octanol–water partition coefficient (Wildman–Crippen LogP) is 5.55. The molecule has 1 aliphatic heterocycles. The zero-order valence-electron chi connectivity index (χ0n) is 20.1. The molecule has 0 radical (unpaired) electrons. The van der Waals surface area contributed by atoms with Crippen molar-refractivity contribution < 1.29 is 23.0 Å². The lowest BCUT2D eigenvalue weighted by Gasteiger charge is -2.37. The van der Waals surface area contributed by atoms with Crippen LogP contribution in [0.2, 0.25) is 0 Å². The lowest BCUT2D eigenvalue weighted by Crippen LogP contribution is -2.49. The number of hydrogen-bond acceptors (Lipinski definition) is 4. The summed E-state index contributed by atoms with van der Waals surface area (Å²) in [7, 11) is 0. The molecule has 1 N–H and O–H groups in total. The third kappa shape index (κ3) is 6.55. The van der Waals surface area contributed by atoms with Gasteiger partial charge in [0.15, 0.2) is 0 Å². The first kappa shape index (κ1) is 25.1. The number of anilines is 1. The van der Waals surface area contributed by atoms with Gasteiger partial charge in [0.1, 0.15) is 18.5 Å². The summed E-state index contributed by atoms with van der Waals surface area (Å²) >= 11 is 0. The van der Waals surface area contributed by atoms with Crippen LogP contribution in [-0.2, 0) is 6.18 Å². The van der Waals surface area contributed by atoms with Crippen LogP contribution in [0.15, 0.2) is 66.7 Å². The highest BCUT2D eigenvalue weighted by Gasteiger charge is 2.31. The lowest BCUT2D eigenvalue weighted by atomic mass is 10.0. The summed E-state index contributed by atoms with van der Waals surface area (Å²) in [5.41, 5.74) is 4.44. The summed E-state index contributed by atoms with van der Waals surface area (Å²) in [4.78, 5) is 4.07. The fourth-order valence-corrected chi connectivity index (χ4v) is 4.34. The van der Waals surface area contributed by atoms with Gasteiger partial charge in [0.05, 0.1) is 5.56 Å². The van der Waals surface area contributed by atoms with Crippen molar-refractivity contribution in [1.29, 1.82) is 0 Å². The van der Waals surface area contributed by atoms with Crippen LogP contribution in [0, 0.1) is 13.8 Å². The van der Waals surface area contributed by atoms with E-state index in [1.807, 2.05) is 24.0 Å². The van der Waals surface area contributed by atoms with Crippen molar-refractivity contribution in [1.82, 2.24) is 4.90 Å². The van der Waals surface area contributed by atoms with E-state index in [9.17, 15) is 18.3 Å². The van der Waals surface area contributed by atoms with Gasteiger partial charge in [-0.2, -0.15) is 13.2 Å². The molecule has 0 bridgehead atoms. The zero-order valence-corrected chi connectivity index (χ0v) is 20.1. The highest BCUT2D eigenvalue weighted by molar-refractivity contribution is 5.65. The molecule has 0 unspecified atom stereocenters. The van der Waals surface area contributed by atoms with Gasteiger partial charge in [-0.3, -0.25) is 4.90 Å². The Kier molecular flexibility index (Phi) is 7.67. The van der Waals surface area contributed by atoms with E-state index in [0.29, 0.717) is 38.4 Å². The number of aliphatic hydroxyl groups excluding tert-OH is 1. The van der Waals surface area contributed by atoms with E-state index in [1.54, 1.807) is 6.07 Å². The number of hydrogen-bond donors (Lipinski definition) is 1. The highest BCUT2D eigenvalue weighted by Crippen LogP contribution is 2.32. The number of nitrogens with zero attached hydrogens (tertiary/aromatic N) is 2. The van der Waals surface area contributed by atoms with Gasteiger partial charge in [-0.05, 0) is 60.9 Å². The standard InChI is InChI=1S/C28H31F3N2O2/c1-20-6-8-22(9-7-20)23-10-11-27(21(2)16-23)35-19-26(34)18-32-12-14-33(15-13-32)25-5-3-4-24(17-25)28(29,30)31/h3-11,16-17,26,34H,12-15,18-19H2,1-2H3/t26-/m0/s1. The summed E-state index contributed by atoms with van der Waals surface area (Å²) in [5.74, 6) is 0.745. The minimum Gasteiger partial charge on any atom is -0.491 e. The first-order valence-corrected chi connectivity index (χ1v) is 11.8. The van der Waals surface area contributed by atoms with Gasteiger partial charge >= 0.3 is 6.18 Å². The molecule has 3 aromatic rings. The van der Waals surface area contributed by atoms with E-state index in [1.165, 1.54) is 17.7 Å². The van der Waals surface area contributed by atoms with Crippen LogP contribution in [0.3, 0.4) is 0 Å². The maximum atomic E-state index is 13.0. The Morgan fingerprint density at radius 2 is 1.57 bits per heavy atom. The molecule has 1 saturated heterocycles. The largest absolute Gasteiger partial charge is 0.491 e. The van der Waals surface area contributed by atoms with Gasteiger partial charge in [-0.1, -0.05) is 42.0 Å². The van der Waals surface area contributed by atoms with Crippen LogP contribution in [0.25, 0.3) is 11.1 Å². The quantitative estimate of drug-likeness (QED) is 0.477. The maximum absolute atomic E-state index is 13.0. The van der Waals surface area contributed by atoms with E-state index >= 15 is 0 Å². The van der Waals surface area contributed by atoms with E-state index in [0.717, 1.165) is 28.5 Å². The van der Waals surface area contributed by atoms with Crippen molar-refractivity contribution in [3.63, 3.8) is 0 Å². The van der Waals surface area contributed by atoms with Crippen LogP contribution >= 0.6 is 0 Å². The SMILES string of the molecule is Cc1ccc(-c2ccc(OC[C@@H](O)CN3CCN(c4cccc(C(F)(F)F)c4)CC3)c(C)c2)cc1. The Balaban J connectivity index is 1.25. The molecule has 3 aromatic carbocycles. The minimum absolute atomic E-state index is 0.179. The summed E-state index contributed by atoms with van der Waals surface area (Å²) < 4.78 is 44.9. The summed E-state index contributed by atoms with van der Waals surface area (Å²) in [6, 6.07) is 19.9. The van der Waals surface area contributed by atoms with Gasteiger partial charge < -0.3 is 14.7 Å². The second-order valence-electron chi connectivity index (χ2n) is 9.15. The molecule has 35 heavy (non-hydrogen) atoms. The molecule has 1 aliphatic rings. The van der Waals surface area contributed by atoms with Crippen LogP contribution in [0.5, 0.6) is 5.75 Å². The van der Waals surface area contributed by atoms with Crippen LogP contribution in [0.4, 0.5) is 18.9 Å². The Morgan fingerprint density at radius 1 is 0.886 bits per heavy atom. The Labute approximate surface area is 204 Å². The number of piperazine rings is 1. The van der Waals surface area contributed by atoms with Crippen molar-refractivity contribution in [3.8, 4) is 16.9 Å². The number of alkyl halides is 3. The van der Waals surface area contributed by atoms with Gasteiger partial charge in [0.2, 0.25) is 0 Å². The van der Waals surface area contributed by atoms with Gasteiger partial charge in [-0.15, -0.1) is 0 Å². The van der Waals surface area contributed by atoms with E-state index in [2.05, 4.69) is 42.2 Å². The van der Waals surface area contributed by atoms with Crippen LogP contribution in [0.1, 0.15) is 16.7 Å². The van der Waals surface area contributed by atoms with Gasteiger partial charge in [0.25, 0.3) is 0 Å². The molecule has 4 rings (SSSR count). The number of ether oxygens (including phenoxy) is 1. The van der Waals surface area contributed by atoms with Crippen molar-refractivity contribution in [2.45, 2.75) is 26.1 Å². The van der Waals surface area contributed by atoms with Gasteiger partial charge in [0, 0.05) is 38.4 Å². The molecule has 0 aliphatic carbocycles. The summed E-state index contributed by atoms with van der Waals surface area (Å²) in [5, 5.41) is 10.5. The number of rotatable bonds is 7. The molecule has 0 amide bonds. The highest BCUT2D eigenvalue weighted by atomic mass is 19.4. The number of aliphatic hydroxyl groups is 1. The normalized spacial score (nSPS) is 15.8. The lowest BCUT2D eigenvalue weighted by molar-refractivity contribution is -0.137. The molecule has 1 fully saturated rings. The molecule has 1 atom stereocenters. The molecule has 0 saturated carbocycles. The summed E-state index contributed by atoms with van der Waals surface area (Å²) in [6.45, 7) is 7.23. The fourth-order valence-electron chi connectivity index (χ4n) is 4.34. The minimum atomic E-state index is -4.35. The number of aryl methyl sites for hydroxylation is 2. The molecule has 0 spiro atoms. The van der Waals surface area contributed by atoms with Crippen molar-refractivity contribution in [2.75, 3.05) is 44.2 Å². The fraction of sp³-hybridized carbons (Fsp3) is 0.357. The van der Waals surface area contributed by atoms with Crippen molar-refractivity contribution in [2.24, 2.45) is 0 Å². The molecule has 0 aromatic heterocycles. The molecular weight excluding hydrogens is 453 g/mol. The van der Waals surface area contributed by atoms with Crippen LogP contribution in [-0.4, -0.2) is 55.4 Å². The molecule has 4 nitrogen and oxygen atoms in total. The first-order chi connectivity index (χ1) is 16.7. The molecule has 186 valence electrons. The average molecular weight is 485 g/mol.